The average molecular weight is 271 g/mol. The zero-order valence-corrected chi connectivity index (χ0v) is 9.97. The molecule has 1 fully saturated rings. The highest BCUT2D eigenvalue weighted by Crippen LogP contribution is 2.44. The first kappa shape index (κ1) is 12.5. The summed E-state index contributed by atoms with van der Waals surface area (Å²) in [5.74, 6) is -0.509. The quantitative estimate of drug-likeness (QED) is 0.823. The van der Waals surface area contributed by atoms with Crippen LogP contribution >= 0.6 is 0 Å². The smallest absolute Gasteiger partial charge is 0.385 e. The van der Waals surface area contributed by atoms with Crippen molar-refractivity contribution in [1.82, 2.24) is 5.32 Å². The molecular formula is C13H12F3NO2. The van der Waals surface area contributed by atoms with Crippen molar-refractivity contribution in [3.05, 3.63) is 34.4 Å². The Hall–Kier alpha value is -1.56. The summed E-state index contributed by atoms with van der Waals surface area (Å²) in [6.45, 7) is -0.109. The zero-order chi connectivity index (χ0) is 13.8. The van der Waals surface area contributed by atoms with Crippen LogP contribution in [-0.4, -0.2) is 11.0 Å². The van der Waals surface area contributed by atoms with Crippen LogP contribution in [0.4, 0.5) is 13.2 Å². The summed E-state index contributed by atoms with van der Waals surface area (Å²) < 4.78 is 39.1. The molecule has 1 aromatic carbocycles. The number of hydrogen-bond donors (Lipinski definition) is 2. The predicted octanol–water partition coefficient (Wildman–Crippen LogP) is 2.32. The van der Waals surface area contributed by atoms with Gasteiger partial charge in [-0.15, -0.1) is 0 Å². The maximum absolute atomic E-state index is 13.0. The Kier molecular flexibility index (Phi) is 2.44. The Morgan fingerprint density at radius 1 is 1.26 bits per heavy atom. The minimum Gasteiger partial charge on any atom is -0.385 e. The highest BCUT2D eigenvalue weighted by atomic mass is 19.4. The van der Waals surface area contributed by atoms with Crippen molar-refractivity contribution in [3.63, 3.8) is 0 Å². The maximum atomic E-state index is 13.0. The molecular weight excluding hydrogens is 259 g/mol. The molecule has 0 aromatic heterocycles. The normalized spacial score (nSPS) is 20.7. The van der Waals surface area contributed by atoms with E-state index in [-0.39, 0.29) is 23.2 Å². The lowest BCUT2D eigenvalue weighted by atomic mass is 9.74. The van der Waals surface area contributed by atoms with Gasteiger partial charge in [0.15, 0.2) is 0 Å². The van der Waals surface area contributed by atoms with Crippen molar-refractivity contribution in [1.29, 1.82) is 0 Å². The molecule has 1 amide bonds. The van der Waals surface area contributed by atoms with Crippen molar-refractivity contribution in [3.8, 4) is 0 Å². The fourth-order valence-electron chi connectivity index (χ4n) is 2.65. The van der Waals surface area contributed by atoms with Crippen molar-refractivity contribution < 1.29 is 23.1 Å². The van der Waals surface area contributed by atoms with Gasteiger partial charge >= 0.3 is 6.18 Å². The van der Waals surface area contributed by atoms with E-state index < -0.39 is 23.2 Å². The third-order valence-corrected chi connectivity index (χ3v) is 3.94. The molecule has 6 heteroatoms. The van der Waals surface area contributed by atoms with Crippen molar-refractivity contribution >= 4 is 5.91 Å². The fraction of sp³-hybridized carbons (Fsp3) is 0.462. The Balaban J connectivity index is 2.19. The molecule has 19 heavy (non-hydrogen) atoms. The second-order valence-corrected chi connectivity index (χ2v) is 5.12. The monoisotopic (exact) mass is 271 g/mol. The Labute approximate surface area is 107 Å². The third-order valence-electron chi connectivity index (χ3n) is 3.94. The molecule has 0 bridgehead atoms. The number of nitrogens with one attached hydrogen (secondary N) is 1. The molecule has 2 N–H and O–H groups in total. The lowest BCUT2D eigenvalue weighted by molar-refractivity contribution is -0.138. The van der Waals surface area contributed by atoms with E-state index in [0.29, 0.717) is 12.8 Å². The van der Waals surface area contributed by atoms with E-state index >= 15 is 0 Å². The minimum atomic E-state index is -4.52. The molecule has 0 unspecified atom stereocenters. The summed E-state index contributed by atoms with van der Waals surface area (Å²) in [4.78, 5) is 11.6. The van der Waals surface area contributed by atoms with E-state index in [4.69, 9.17) is 0 Å². The SMILES string of the molecule is O=C1NCc2c1cc(C1(O)CCC1)cc2C(F)(F)F. The molecule has 3 nitrogen and oxygen atoms in total. The van der Waals surface area contributed by atoms with Crippen LogP contribution in [0.1, 0.15) is 46.3 Å². The summed E-state index contributed by atoms with van der Waals surface area (Å²) in [5, 5.41) is 12.6. The first-order valence-corrected chi connectivity index (χ1v) is 6.06. The molecule has 1 heterocycles. The first-order chi connectivity index (χ1) is 8.81. The molecule has 3 rings (SSSR count). The third kappa shape index (κ3) is 1.82. The highest BCUT2D eigenvalue weighted by molar-refractivity contribution is 5.99. The van der Waals surface area contributed by atoms with Crippen LogP contribution in [0.25, 0.3) is 0 Å². The summed E-state index contributed by atoms with van der Waals surface area (Å²) in [6, 6.07) is 2.38. The maximum Gasteiger partial charge on any atom is 0.416 e. The summed E-state index contributed by atoms with van der Waals surface area (Å²) in [5.41, 5.74) is -1.83. The lowest BCUT2D eigenvalue weighted by Crippen LogP contribution is -2.34. The lowest BCUT2D eigenvalue weighted by Gasteiger charge is -2.37. The number of amides is 1. The van der Waals surface area contributed by atoms with Crippen molar-refractivity contribution in [2.75, 3.05) is 0 Å². The highest BCUT2D eigenvalue weighted by Gasteiger charge is 2.42. The van der Waals surface area contributed by atoms with Crippen LogP contribution in [0.15, 0.2) is 12.1 Å². The molecule has 1 aliphatic heterocycles. The van der Waals surface area contributed by atoms with Gasteiger partial charge in [-0.25, -0.2) is 0 Å². The molecule has 1 aromatic rings. The van der Waals surface area contributed by atoms with E-state index in [1.165, 1.54) is 6.07 Å². The van der Waals surface area contributed by atoms with E-state index in [9.17, 15) is 23.1 Å². The average Bonchev–Trinajstić information content (AvgIpc) is 2.66. The van der Waals surface area contributed by atoms with Crippen LogP contribution in [0, 0.1) is 0 Å². The number of hydrogen-bond acceptors (Lipinski definition) is 2. The molecule has 102 valence electrons. The Morgan fingerprint density at radius 2 is 1.95 bits per heavy atom. The predicted molar refractivity (Wildman–Crippen MR) is 60.4 cm³/mol. The number of carbonyl (C=O) groups excluding carboxylic acids is 1. The Morgan fingerprint density at radius 3 is 2.47 bits per heavy atom. The van der Waals surface area contributed by atoms with Gasteiger partial charge < -0.3 is 10.4 Å². The molecule has 1 saturated carbocycles. The first-order valence-electron chi connectivity index (χ1n) is 6.06. The minimum absolute atomic E-state index is 0.0239. The summed E-state index contributed by atoms with van der Waals surface area (Å²) >= 11 is 0. The number of rotatable bonds is 1. The second-order valence-electron chi connectivity index (χ2n) is 5.12. The molecule has 1 aliphatic carbocycles. The summed E-state index contributed by atoms with van der Waals surface area (Å²) in [6.07, 6.45) is -2.87. The summed E-state index contributed by atoms with van der Waals surface area (Å²) in [7, 11) is 0. The van der Waals surface area contributed by atoms with Crippen LogP contribution in [0.5, 0.6) is 0 Å². The topological polar surface area (TPSA) is 49.3 Å². The van der Waals surface area contributed by atoms with Crippen LogP contribution in [-0.2, 0) is 18.3 Å². The number of fused-ring (bicyclic) bond motifs is 1. The van der Waals surface area contributed by atoms with Gasteiger partial charge in [0.2, 0.25) is 0 Å². The molecule has 0 atom stereocenters. The molecule has 0 spiro atoms. The number of aliphatic hydroxyl groups is 1. The molecule has 2 aliphatic rings. The van der Waals surface area contributed by atoms with Gasteiger partial charge in [0.1, 0.15) is 0 Å². The van der Waals surface area contributed by atoms with Crippen LogP contribution in [0.3, 0.4) is 0 Å². The molecule has 0 saturated heterocycles. The molecule has 0 radical (unpaired) electrons. The van der Waals surface area contributed by atoms with Gasteiger partial charge in [-0.1, -0.05) is 0 Å². The second kappa shape index (κ2) is 3.72. The van der Waals surface area contributed by atoms with Gasteiger partial charge in [-0.05, 0) is 42.5 Å². The van der Waals surface area contributed by atoms with Gasteiger partial charge in [0.25, 0.3) is 5.91 Å². The zero-order valence-electron chi connectivity index (χ0n) is 9.97. The van der Waals surface area contributed by atoms with Gasteiger partial charge in [0, 0.05) is 12.1 Å². The number of carbonyl (C=O) groups is 1. The van der Waals surface area contributed by atoms with Crippen LogP contribution in [0.2, 0.25) is 0 Å². The van der Waals surface area contributed by atoms with E-state index in [1.54, 1.807) is 0 Å². The van der Waals surface area contributed by atoms with Crippen LogP contribution < -0.4 is 5.32 Å². The standard InChI is InChI=1S/C13H12F3NO2/c14-13(15,16)10-5-7(12(19)2-1-3-12)4-8-9(10)6-17-11(8)18/h4-5,19H,1-3,6H2,(H,17,18). The largest absolute Gasteiger partial charge is 0.416 e. The van der Waals surface area contributed by atoms with E-state index in [1.807, 2.05) is 0 Å². The number of alkyl halides is 3. The van der Waals surface area contributed by atoms with Crippen molar-refractivity contribution in [2.45, 2.75) is 37.6 Å². The fourth-order valence-corrected chi connectivity index (χ4v) is 2.65. The Bertz CT molecular complexity index is 562. The number of benzene rings is 1. The van der Waals surface area contributed by atoms with E-state index in [0.717, 1.165) is 12.5 Å². The van der Waals surface area contributed by atoms with Crippen molar-refractivity contribution in [2.24, 2.45) is 0 Å². The van der Waals surface area contributed by atoms with E-state index in [2.05, 4.69) is 5.32 Å². The number of halogens is 3. The van der Waals surface area contributed by atoms with Gasteiger partial charge in [0.05, 0.1) is 11.2 Å². The van der Waals surface area contributed by atoms with Gasteiger partial charge in [-0.2, -0.15) is 13.2 Å². The van der Waals surface area contributed by atoms with Gasteiger partial charge in [-0.3, -0.25) is 4.79 Å².